The predicted octanol–water partition coefficient (Wildman–Crippen LogP) is 0.932. The lowest BCUT2D eigenvalue weighted by Gasteiger charge is -2.05. The Labute approximate surface area is 121 Å². The van der Waals surface area contributed by atoms with E-state index in [1.807, 2.05) is 0 Å². The zero-order valence-electron chi connectivity index (χ0n) is 10.5. The van der Waals surface area contributed by atoms with Crippen molar-refractivity contribution >= 4 is 21.4 Å². The second-order valence-corrected chi connectivity index (χ2v) is 6.53. The van der Waals surface area contributed by atoms with Gasteiger partial charge in [-0.2, -0.15) is 0 Å². The Balaban J connectivity index is 2.16. The van der Waals surface area contributed by atoms with Gasteiger partial charge in [-0.3, -0.25) is 0 Å². The van der Waals surface area contributed by atoms with Crippen molar-refractivity contribution in [2.24, 2.45) is 5.73 Å². The Bertz CT molecular complexity index is 728. The maximum Gasteiger partial charge on any atom is 0.240 e. The summed E-state index contributed by atoms with van der Waals surface area (Å²) in [7, 11) is -3.57. The van der Waals surface area contributed by atoms with Gasteiger partial charge in [-0.05, 0) is 18.2 Å². The number of hydrogen-bond acceptors (Lipinski definition) is 5. The van der Waals surface area contributed by atoms with Crippen molar-refractivity contribution in [2.45, 2.75) is 11.4 Å². The molecule has 0 atom stereocenters. The van der Waals surface area contributed by atoms with Crippen LogP contribution in [0.3, 0.4) is 0 Å². The van der Waals surface area contributed by atoms with Crippen LogP contribution in [0.25, 0.3) is 0 Å². The molecule has 0 spiro atoms. The SMILES string of the molecule is NCC#Cc1cccc(S(=O)(=O)NCc2nccs2)c1. The van der Waals surface area contributed by atoms with E-state index in [0.29, 0.717) is 10.6 Å². The molecule has 0 unspecified atom stereocenters. The summed E-state index contributed by atoms with van der Waals surface area (Å²) in [5.41, 5.74) is 5.91. The van der Waals surface area contributed by atoms with E-state index < -0.39 is 10.0 Å². The van der Waals surface area contributed by atoms with E-state index >= 15 is 0 Å². The van der Waals surface area contributed by atoms with Gasteiger partial charge in [-0.25, -0.2) is 18.1 Å². The van der Waals surface area contributed by atoms with Gasteiger partial charge in [0.1, 0.15) is 5.01 Å². The van der Waals surface area contributed by atoms with Crippen molar-refractivity contribution in [1.29, 1.82) is 0 Å². The molecule has 5 nitrogen and oxygen atoms in total. The molecule has 0 aliphatic carbocycles. The number of nitrogens with one attached hydrogen (secondary N) is 1. The number of sulfonamides is 1. The van der Waals surface area contributed by atoms with Crippen LogP contribution in [0.4, 0.5) is 0 Å². The van der Waals surface area contributed by atoms with Gasteiger partial charge in [-0.15, -0.1) is 11.3 Å². The first-order valence-electron chi connectivity index (χ1n) is 5.79. The van der Waals surface area contributed by atoms with E-state index in [0.717, 1.165) is 0 Å². The fourth-order valence-electron chi connectivity index (χ4n) is 1.47. The highest BCUT2D eigenvalue weighted by Gasteiger charge is 2.14. The highest BCUT2D eigenvalue weighted by Crippen LogP contribution is 2.12. The zero-order chi connectivity index (χ0) is 14.4. The van der Waals surface area contributed by atoms with Gasteiger partial charge in [0.05, 0.1) is 18.0 Å². The molecule has 104 valence electrons. The van der Waals surface area contributed by atoms with Gasteiger partial charge in [-0.1, -0.05) is 17.9 Å². The first kappa shape index (κ1) is 14.7. The van der Waals surface area contributed by atoms with Crippen molar-refractivity contribution in [3.8, 4) is 11.8 Å². The molecule has 1 aromatic heterocycles. The first-order chi connectivity index (χ1) is 9.62. The summed E-state index contributed by atoms with van der Waals surface area (Å²) in [6.07, 6.45) is 1.64. The minimum absolute atomic E-state index is 0.179. The van der Waals surface area contributed by atoms with E-state index in [1.165, 1.54) is 23.5 Å². The molecule has 1 aromatic carbocycles. The molecule has 0 fully saturated rings. The average Bonchev–Trinajstić information content (AvgIpc) is 2.97. The highest BCUT2D eigenvalue weighted by atomic mass is 32.2. The van der Waals surface area contributed by atoms with Crippen LogP contribution in [0.1, 0.15) is 10.6 Å². The topological polar surface area (TPSA) is 85.1 Å². The van der Waals surface area contributed by atoms with Crippen LogP contribution in [0, 0.1) is 11.8 Å². The normalized spacial score (nSPS) is 10.8. The summed E-state index contributed by atoms with van der Waals surface area (Å²) in [6.45, 7) is 0.415. The summed E-state index contributed by atoms with van der Waals surface area (Å²) < 4.78 is 26.8. The van der Waals surface area contributed by atoms with Crippen LogP contribution < -0.4 is 10.5 Å². The Kier molecular flexibility index (Phi) is 4.87. The number of aromatic nitrogens is 1. The Morgan fingerprint density at radius 1 is 1.40 bits per heavy atom. The van der Waals surface area contributed by atoms with E-state index in [2.05, 4.69) is 21.5 Å². The summed E-state index contributed by atoms with van der Waals surface area (Å²) in [4.78, 5) is 4.20. The van der Waals surface area contributed by atoms with Crippen molar-refractivity contribution in [3.63, 3.8) is 0 Å². The molecule has 0 saturated carbocycles. The standard InChI is InChI=1S/C13H13N3O2S2/c14-6-2-4-11-3-1-5-12(9-11)20(17,18)16-10-13-15-7-8-19-13/h1,3,5,7-9,16H,6,10,14H2. The third-order valence-corrected chi connectivity index (χ3v) is 4.55. The van der Waals surface area contributed by atoms with E-state index in [4.69, 9.17) is 5.73 Å². The number of hydrogen-bond donors (Lipinski definition) is 2. The molecule has 3 N–H and O–H groups in total. The van der Waals surface area contributed by atoms with Gasteiger partial charge >= 0.3 is 0 Å². The summed E-state index contributed by atoms with van der Waals surface area (Å²) in [6, 6.07) is 6.44. The monoisotopic (exact) mass is 307 g/mol. The van der Waals surface area contributed by atoms with Crippen molar-refractivity contribution in [2.75, 3.05) is 6.54 Å². The molecular formula is C13H13N3O2S2. The fraction of sp³-hybridized carbons (Fsp3) is 0.154. The third-order valence-electron chi connectivity index (χ3n) is 2.38. The number of nitrogens with two attached hydrogens (primary N) is 1. The van der Waals surface area contributed by atoms with Gasteiger partial charge in [0.25, 0.3) is 0 Å². The lowest BCUT2D eigenvalue weighted by molar-refractivity contribution is 0.581. The molecule has 1 heterocycles. The Morgan fingerprint density at radius 3 is 2.95 bits per heavy atom. The van der Waals surface area contributed by atoms with Gasteiger partial charge in [0.2, 0.25) is 10.0 Å². The first-order valence-corrected chi connectivity index (χ1v) is 8.15. The van der Waals surface area contributed by atoms with Crippen molar-refractivity contribution in [1.82, 2.24) is 9.71 Å². The van der Waals surface area contributed by atoms with Gasteiger partial charge < -0.3 is 5.73 Å². The number of rotatable bonds is 4. The second-order valence-electron chi connectivity index (χ2n) is 3.78. The highest BCUT2D eigenvalue weighted by molar-refractivity contribution is 7.89. The summed E-state index contributed by atoms with van der Waals surface area (Å²) in [5, 5.41) is 2.51. The molecular weight excluding hydrogens is 294 g/mol. The smallest absolute Gasteiger partial charge is 0.240 e. The van der Waals surface area contributed by atoms with E-state index in [1.54, 1.807) is 23.7 Å². The molecule has 0 aliphatic heterocycles. The molecule has 0 saturated heterocycles. The quantitative estimate of drug-likeness (QED) is 0.823. The molecule has 0 amide bonds. The molecule has 0 radical (unpaired) electrons. The van der Waals surface area contributed by atoms with Crippen LogP contribution in [-0.2, 0) is 16.6 Å². The third kappa shape index (κ3) is 3.88. The van der Waals surface area contributed by atoms with Crippen LogP contribution in [0.15, 0.2) is 40.7 Å². The van der Waals surface area contributed by atoms with Gasteiger partial charge in [0, 0.05) is 17.1 Å². The molecule has 2 aromatic rings. The van der Waals surface area contributed by atoms with Crippen LogP contribution in [-0.4, -0.2) is 19.9 Å². The van der Waals surface area contributed by atoms with Crippen LogP contribution >= 0.6 is 11.3 Å². The van der Waals surface area contributed by atoms with Crippen LogP contribution in [0.5, 0.6) is 0 Å². The number of benzene rings is 1. The molecule has 0 bridgehead atoms. The maximum atomic E-state index is 12.1. The predicted molar refractivity (Wildman–Crippen MR) is 78.5 cm³/mol. The zero-order valence-corrected chi connectivity index (χ0v) is 12.2. The Hall–Kier alpha value is -1.72. The largest absolute Gasteiger partial charge is 0.320 e. The molecule has 2 rings (SSSR count). The molecule has 20 heavy (non-hydrogen) atoms. The minimum Gasteiger partial charge on any atom is -0.320 e. The van der Waals surface area contributed by atoms with E-state index in [-0.39, 0.29) is 18.0 Å². The average molecular weight is 307 g/mol. The lowest BCUT2D eigenvalue weighted by atomic mass is 10.2. The molecule has 0 aliphatic rings. The maximum absolute atomic E-state index is 12.1. The second kappa shape index (κ2) is 6.63. The Morgan fingerprint density at radius 2 is 2.25 bits per heavy atom. The minimum atomic E-state index is -3.57. The van der Waals surface area contributed by atoms with Crippen LogP contribution in [0.2, 0.25) is 0 Å². The molecule has 7 heteroatoms. The van der Waals surface area contributed by atoms with Crippen molar-refractivity contribution in [3.05, 3.63) is 46.4 Å². The van der Waals surface area contributed by atoms with Crippen molar-refractivity contribution < 1.29 is 8.42 Å². The fourth-order valence-corrected chi connectivity index (χ4v) is 3.16. The lowest BCUT2D eigenvalue weighted by Crippen LogP contribution is -2.23. The number of nitrogens with zero attached hydrogens (tertiary/aromatic N) is 1. The van der Waals surface area contributed by atoms with E-state index in [9.17, 15) is 8.42 Å². The summed E-state index contributed by atoms with van der Waals surface area (Å²) >= 11 is 1.40. The van der Waals surface area contributed by atoms with Gasteiger partial charge in [0.15, 0.2) is 0 Å². The summed E-state index contributed by atoms with van der Waals surface area (Å²) in [5.74, 6) is 5.50. The number of thiazole rings is 1.